The molecule has 3 N–H and O–H groups in total. The quantitative estimate of drug-likeness (QED) is 0.909. The van der Waals surface area contributed by atoms with E-state index in [1.165, 1.54) is 5.56 Å². The van der Waals surface area contributed by atoms with Crippen LogP contribution in [0.1, 0.15) is 16.7 Å². The molecule has 0 atom stereocenters. The fraction of sp³-hybridized carbons (Fsp3) is 0.200. The van der Waals surface area contributed by atoms with Gasteiger partial charge in [-0.1, -0.05) is 35.9 Å². The van der Waals surface area contributed by atoms with E-state index in [1.54, 1.807) is 19.1 Å². The molecule has 0 unspecified atom stereocenters. The van der Waals surface area contributed by atoms with E-state index in [0.717, 1.165) is 11.3 Å². The van der Waals surface area contributed by atoms with Gasteiger partial charge < -0.3 is 5.32 Å². The van der Waals surface area contributed by atoms with E-state index in [9.17, 15) is 8.42 Å². The van der Waals surface area contributed by atoms with Crippen LogP contribution in [0.15, 0.2) is 47.4 Å². The lowest BCUT2D eigenvalue weighted by molar-refractivity contribution is 0.597. The van der Waals surface area contributed by atoms with Crippen molar-refractivity contribution in [2.24, 2.45) is 5.14 Å². The fourth-order valence-corrected chi connectivity index (χ4v) is 2.73. The van der Waals surface area contributed by atoms with Gasteiger partial charge in [0.2, 0.25) is 10.0 Å². The first-order valence-electron chi connectivity index (χ1n) is 6.29. The average Bonchev–Trinajstić information content (AvgIpc) is 2.38. The van der Waals surface area contributed by atoms with Crippen molar-refractivity contribution in [3.63, 3.8) is 0 Å². The summed E-state index contributed by atoms with van der Waals surface area (Å²) in [6.45, 7) is 4.40. The molecule has 2 aromatic carbocycles. The number of primary sulfonamides is 1. The minimum absolute atomic E-state index is 0.159. The lowest BCUT2D eigenvalue weighted by atomic mass is 10.1. The highest BCUT2D eigenvalue weighted by Crippen LogP contribution is 2.19. The minimum Gasteiger partial charge on any atom is -0.381 e. The van der Waals surface area contributed by atoms with Gasteiger partial charge in [-0.15, -0.1) is 0 Å². The average molecular weight is 290 g/mol. The van der Waals surface area contributed by atoms with Gasteiger partial charge in [-0.05, 0) is 37.1 Å². The van der Waals surface area contributed by atoms with E-state index < -0.39 is 10.0 Å². The van der Waals surface area contributed by atoms with E-state index in [2.05, 4.69) is 5.32 Å². The van der Waals surface area contributed by atoms with E-state index in [4.69, 9.17) is 5.14 Å². The largest absolute Gasteiger partial charge is 0.381 e. The molecule has 0 fully saturated rings. The Balaban J connectivity index is 2.16. The van der Waals surface area contributed by atoms with Crippen LogP contribution in [0.5, 0.6) is 0 Å². The van der Waals surface area contributed by atoms with Crippen molar-refractivity contribution >= 4 is 15.7 Å². The highest BCUT2D eigenvalue weighted by molar-refractivity contribution is 7.89. The Bertz CT molecular complexity index is 707. The molecule has 2 rings (SSSR count). The Labute approximate surface area is 119 Å². The molecule has 0 saturated heterocycles. The smallest absolute Gasteiger partial charge is 0.238 e. The highest BCUT2D eigenvalue weighted by atomic mass is 32.2. The molecule has 0 aliphatic carbocycles. The predicted octanol–water partition coefficient (Wildman–Crippen LogP) is 2.56. The number of benzene rings is 2. The molecule has 0 radical (unpaired) electrons. The van der Waals surface area contributed by atoms with Gasteiger partial charge in [-0.2, -0.15) is 0 Å². The van der Waals surface area contributed by atoms with Crippen LogP contribution in [0.3, 0.4) is 0 Å². The summed E-state index contributed by atoms with van der Waals surface area (Å²) in [7, 11) is -3.68. The third-order valence-corrected chi connectivity index (χ3v) is 4.16. The molecule has 5 heteroatoms. The van der Waals surface area contributed by atoms with Crippen LogP contribution in [-0.4, -0.2) is 8.42 Å². The van der Waals surface area contributed by atoms with Crippen molar-refractivity contribution in [2.75, 3.05) is 5.32 Å². The van der Waals surface area contributed by atoms with E-state index >= 15 is 0 Å². The normalized spacial score (nSPS) is 11.3. The molecule has 20 heavy (non-hydrogen) atoms. The molecule has 0 saturated carbocycles. The van der Waals surface area contributed by atoms with Crippen LogP contribution in [0.4, 0.5) is 5.69 Å². The van der Waals surface area contributed by atoms with Crippen molar-refractivity contribution < 1.29 is 8.42 Å². The highest BCUT2D eigenvalue weighted by Gasteiger charge is 2.11. The predicted molar refractivity (Wildman–Crippen MR) is 81.1 cm³/mol. The van der Waals surface area contributed by atoms with Crippen LogP contribution in [0, 0.1) is 13.8 Å². The summed E-state index contributed by atoms with van der Waals surface area (Å²) in [5.74, 6) is 0. The minimum atomic E-state index is -3.68. The number of hydrogen-bond acceptors (Lipinski definition) is 3. The molecule has 0 aliphatic rings. The summed E-state index contributed by atoms with van der Waals surface area (Å²) in [6, 6.07) is 13.3. The Morgan fingerprint density at radius 3 is 2.30 bits per heavy atom. The fourth-order valence-electron chi connectivity index (χ4n) is 1.93. The van der Waals surface area contributed by atoms with Crippen LogP contribution < -0.4 is 10.5 Å². The Hall–Kier alpha value is -1.85. The first-order valence-corrected chi connectivity index (χ1v) is 7.84. The van der Waals surface area contributed by atoms with Gasteiger partial charge in [0, 0.05) is 12.2 Å². The zero-order chi connectivity index (χ0) is 14.8. The van der Waals surface area contributed by atoms with Gasteiger partial charge in [0.05, 0.1) is 4.90 Å². The maximum atomic E-state index is 11.5. The number of anilines is 1. The van der Waals surface area contributed by atoms with Crippen molar-refractivity contribution in [2.45, 2.75) is 25.3 Å². The monoisotopic (exact) mass is 290 g/mol. The summed E-state index contributed by atoms with van der Waals surface area (Å²) in [6.07, 6.45) is 0. The van der Waals surface area contributed by atoms with Crippen molar-refractivity contribution in [3.05, 3.63) is 59.2 Å². The maximum absolute atomic E-state index is 11.5. The number of aryl methyl sites for hydroxylation is 2. The molecule has 0 bridgehead atoms. The van der Waals surface area contributed by atoms with Crippen LogP contribution >= 0.6 is 0 Å². The van der Waals surface area contributed by atoms with Gasteiger partial charge in [-0.25, -0.2) is 13.6 Å². The molecular formula is C15H18N2O2S. The zero-order valence-electron chi connectivity index (χ0n) is 11.6. The van der Waals surface area contributed by atoms with Crippen molar-refractivity contribution in [1.82, 2.24) is 0 Å². The summed E-state index contributed by atoms with van der Waals surface area (Å²) in [5.41, 5.74) is 3.72. The summed E-state index contributed by atoms with van der Waals surface area (Å²) >= 11 is 0. The SMILES string of the molecule is Cc1ccc(CNc2ccc(C)c(S(N)(=O)=O)c2)cc1. The third-order valence-electron chi connectivity index (χ3n) is 3.11. The summed E-state index contributed by atoms with van der Waals surface area (Å²) < 4.78 is 22.9. The molecule has 0 heterocycles. The maximum Gasteiger partial charge on any atom is 0.238 e. The topological polar surface area (TPSA) is 72.2 Å². The van der Waals surface area contributed by atoms with Crippen LogP contribution in [0.2, 0.25) is 0 Å². The third kappa shape index (κ3) is 3.59. The van der Waals surface area contributed by atoms with E-state index in [0.29, 0.717) is 12.1 Å². The molecule has 0 aromatic heterocycles. The molecule has 0 amide bonds. The van der Waals surface area contributed by atoms with Crippen molar-refractivity contribution in [3.8, 4) is 0 Å². The van der Waals surface area contributed by atoms with Crippen molar-refractivity contribution in [1.29, 1.82) is 0 Å². The molecule has 4 nitrogen and oxygen atoms in total. The first-order chi connectivity index (χ1) is 9.36. The van der Waals surface area contributed by atoms with Gasteiger partial charge in [-0.3, -0.25) is 0 Å². The first kappa shape index (κ1) is 14.6. The molecule has 106 valence electrons. The van der Waals surface area contributed by atoms with E-state index in [1.807, 2.05) is 37.3 Å². The molecular weight excluding hydrogens is 272 g/mol. The van der Waals surface area contributed by atoms with Gasteiger partial charge >= 0.3 is 0 Å². The van der Waals surface area contributed by atoms with E-state index in [-0.39, 0.29) is 4.90 Å². The lowest BCUT2D eigenvalue weighted by Gasteiger charge is -2.10. The summed E-state index contributed by atoms with van der Waals surface area (Å²) in [4.78, 5) is 0.159. The van der Waals surface area contributed by atoms with Gasteiger partial charge in [0.1, 0.15) is 0 Å². The number of nitrogens with two attached hydrogens (primary N) is 1. The van der Waals surface area contributed by atoms with Crippen LogP contribution in [0.25, 0.3) is 0 Å². The summed E-state index contributed by atoms with van der Waals surface area (Å²) in [5, 5.41) is 8.39. The second-order valence-electron chi connectivity index (χ2n) is 4.86. The number of sulfonamides is 1. The zero-order valence-corrected chi connectivity index (χ0v) is 12.4. The van der Waals surface area contributed by atoms with Gasteiger partial charge in [0.25, 0.3) is 0 Å². The number of hydrogen-bond donors (Lipinski definition) is 2. The number of rotatable bonds is 4. The molecule has 2 aromatic rings. The Morgan fingerprint density at radius 2 is 1.70 bits per heavy atom. The lowest BCUT2D eigenvalue weighted by Crippen LogP contribution is -2.14. The Morgan fingerprint density at radius 1 is 1.05 bits per heavy atom. The van der Waals surface area contributed by atoms with Crippen LogP contribution in [-0.2, 0) is 16.6 Å². The standard InChI is InChI=1S/C15H18N2O2S/c1-11-3-6-13(7-4-11)10-17-14-8-5-12(2)15(9-14)20(16,18)19/h3-9,17H,10H2,1-2H3,(H2,16,18,19). The number of nitrogens with one attached hydrogen (secondary N) is 1. The Kier molecular flexibility index (Phi) is 4.11. The second kappa shape index (κ2) is 5.64. The molecule has 0 aliphatic heterocycles. The second-order valence-corrected chi connectivity index (χ2v) is 6.39. The van der Waals surface area contributed by atoms with Gasteiger partial charge in [0.15, 0.2) is 0 Å². The molecule has 0 spiro atoms.